The minimum Gasteiger partial charge on any atom is -0.481 e. The number of aliphatic carboxylic acids is 1. The lowest BCUT2D eigenvalue weighted by molar-refractivity contribution is -0.137. The van der Waals surface area contributed by atoms with Crippen molar-refractivity contribution in [1.29, 1.82) is 0 Å². The number of unbranched alkanes of at least 4 members (excludes halogenated alkanes) is 2. The van der Waals surface area contributed by atoms with Gasteiger partial charge in [0.15, 0.2) is 0 Å². The highest BCUT2D eigenvalue weighted by molar-refractivity contribution is 6.11. The van der Waals surface area contributed by atoms with Crippen LogP contribution in [0.5, 0.6) is 0 Å². The first-order valence-electron chi connectivity index (χ1n) is 9.06. The highest BCUT2D eigenvalue weighted by Gasteiger charge is 2.34. The average Bonchev–Trinajstić information content (AvgIpc) is 2.78. The van der Waals surface area contributed by atoms with Crippen LogP contribution in [0.15, 0.2) is 54.6 Å². The number of fused-ring (bicyclic) bond motifs is 1. The minimum absolute atomic E-state index is 0.122. The fourth-order valence-electron chi connectivity index (χ4n) is 3.27. The van der Waals surface area contributed by atoms with E-state index < -0.39 is 12.0 Å². The number of carboxylic acids is 1. The van der Waals surface area contributed by atoms with E-state index in [-0.39, 0.29) is 18.2 Å². The first-order chi connectivity index (χ1) is 13.1. The second-order valence-electron chi connectivity index (χ2n) is 6.53. The Kier molecular flexibility index (Phi) is 5.86. The Bertz CT molecular complexity index is 835. The quantitative estimate of drug-likeness (QED) is 0.737. The second kappa shape index (κ2) is 8.49. The van der Waals surface area contributed by atoms with Crippen LogP contribution in [0.3, 0.4) is 0 Å². The summed E-state index contributed by atoms with van der Waals surface area (Å²) < 4.78 is 0. The predicted octanol–water partition coefficient (Wildman–Crippen LogP) is 3.15. The maximum absolute atomic E-state index is 13.2. The molecule has 0 bridgehead atoms. The number of para-hydroxylation sites is 1. The molecule has 1 aliphatic rings. The normalized spacial score (nSPS) is 16.4. The third-order valence-electron chi connectivity index (χ3n) is 4.63. The molecule has 27 heavy (non-hydrogen) atoms. The van der Waals surface area contributed by atoms with Crippen molar-refractivity contribution >= 4 is 23.5 Å². The van der Waals surface area contributed by atoms with E-state index >= 15 is 0 Å². The number of nitrogens with one attached hydrogen (secondary N) is 1. The fourth-order valence-corrected chi connectivity index (χ4v) is 3.27. The van der Waals surface area contributed by atoms with Crippen LogP contribution in [0, 0.1) is 0 Å². The van der Waals surface area contributed by atoms with Crippen molar-refractivity contribution < 1.29 is 19.5 Å². The van der Waals surface area contributed by atoms with Crippen LogP contribution < -0.4 is 10.2 Å². The van der Waals surface area contributed by atoms with E-state index in [1.54, 1.807) is 29.2 Å². The van der Waals surface area contributed by atoms with Gasteiger partial charge in [0.25, 0.3) is 11.8 Å². The lowest BCUT2D eigenvalue weighted by atomic mass is 10.1. The van der Waals surface area contributed by atoms with Crippen molar-refractivity contribution in [3.8, 4) is 0 Å². The summed E-state index contributed by atoms with van der Waals surface area (Å²) in [4.78, 5) is 38.2. The molecule has 2 N–H and O–H groups in total. The third-order valence-corrected chi connectivity index (χ3v) is 4.63. The zero-order valence-electron chi connectivity index (χ0n) is 14.9. The molecule has 2 aromatic carbocycles. The molecule has 0 saturated heterocycles. The predicted molar refractivity (Wildman–Crippen MR) is 102 cm³/mol. The Balaban J connectivity index is 1.85. The van der Waals surface area contributed by atoms with Gasteiger partial charge in [-0.2, -0.15) is 0 Å². The number of carboxylic acid groups (broad SMARTS) is 1. The summed E-state index contributed by atoms with van der Waals surface area (Å²) in [6.07, 6.45) is 2.06. The molecule has 140 valence electrons. The molecular formula is C21H22N2O4. The van der Waals surface area contributed by atoms with E-state index in [1.165, 1.54) is 0 Å². The zero-order valence-corrected chi connectivity index (χ0v) is 14.9. The Morgan fingerprint density at radius 3 is 2.41 bits per heavy atom. The van der Waals surface area contributed by atoms with Crippen molar-refractivity contribution in [2.24, 2.45) is 0 Å². The zero-order chi connectivity index (χ0) is 19.2. The number of carbonyl (C=O) groups is 3. The maximum atomic E-state index is 13.2. The smallest absolute Gasteiger partial charge is 0.303 e. The number of amides is 2. The molecule has 1 unspecified atom stereocenters. The van der Waals surface area contributed by atoms with Crippen LogP contribution in [0.4, 0.5) is 5.69 Å². The van der Waals surface area contributed by atoms with E-state index in [9.17, 15) is 14.4 Å². The molecule has 0 saturated carbocycles. The first kappa shape index (κ1) is 18.6. The van der Waals surface area contributed by atoms with Gasteiger partial charge < -0.3 is 15.3 Å². The summed E-state index contributed by atoms with van der Waals surface area (Å²) in [5.74, 6) is -1.27. The fraction of sp³-hybridized carbons (Fsp3) is 0.286. The molecule has 1 heterocycles. The summed E-state index contributed by atoms with van der Waals surface area (Å²) >= 11 is 0. The Morgan fingerprint density at radius 2 is 1.67 bits per heavy atom. The SMILES string of the molecule is O=C(O)CCCCCN1C(=O)C(c2ccccc2)NC(=O)c2ccccc21. The van der Waals surface area contributed by atoms with E-state index in [2.05, 4.69) is 5.32 Å². The van der Waals surface area contributed by atoms with Crippen LogP contribution in [-0.2, 0) is 9.59 Å². The Morgan fingerprint density at radius 1 is 0.963 bits per heavy atom. The van der Waals surface area contributed by atoms with Crippen LogP contribution >= 0.6 is 0 Å². The monoisotopic (exact) mass is 366 g/mol. The summed E-state index contributed by atoms with van der Waals surface area (Å²) in [7, 11) is 0. The van der Waals surface area contributed by atoms with Gasteiger partial charge in [-0.05, 0) is 30.5 Å². The van der Waals surface area contributed by atoms with Gasteiger partial charge in [0.05, 0.1) is 11.3 Å². The van der Waals surface area contributed by atoms with Crippen LogP contribution in [0.2, 0.25) is 0 Å². The Labute approximate surface area is 157 Å². The van der Waals surface area contributed by atoms with Crippen LogP contribution in [0.25, 0.3) is 0 Å². The molecule has 0 aromatic heterocycles. The minimum atomic E-state index is -0.815. The van der Waals surface area contributed by atoms with Gasteiger partial charge in [0.2, 0.25) is 0 Å². The summed E-state index contributed by atoms with van der Waals surface area (Å²) in [6.45, 7) is 0.438. The lowest BCUT2D eigenvalue weighted by Gasteiger charge is -2.25. The number of rotatable bonds is 7. The number of anilines is 1. The Hall–Kier alpha value is -3.15. The highest BCUT2D eigenvalue weighted by atomic mass is 16.4. The standard InChI is InChI=1S/C21H22N2O4/c24-18(25)13-5-2-8-14-23-17-12-7-6-11-16(17)20(26)22-19(21(23)27)15-9-3-1-4-10-15/h1,3-4,6-7,9-12,19H,2,5,8,13-14H2,(H,22,26)(H,24,25). The average molecular weight is 366 g/mol. The van der Waals surface area contributed by atoms with E-state index in [0.717, 1.165) is 5.56 Å². The molecule has 3 rings (SSSR count). The maximum Gasteiger partial charge on any atom is 0.303 e. The topological polar surface area (TPSA) is 86.7 Å². The van der Waals surface area contributed by atoms with Crippen molar-refractivity contribution in [2.45, 2.75) is 31.7 Å². The van der Waals surface area contributed by atoms with E-state index in [1.807, 2.05) is 30.3 Å². The molecule has 0 aliphatic carbocycles. The van der Waals surface area contributed by atoms with Gasteiger partial charge in [0, 0.05) is 13.0 Å². The molecule has 0 fully saturated rings. The van der Waals surface area contributed by atoms with Crippen LogP contribution in [-0.4, -0.2) is 29.4 Å². The highest BCUT2D eigenvalue weighted by Crippen LogP contribution is 2.29. The first-order valence-corrected chi connectivity index (χ1v) is 9.06. The third kappa shape index (κ3) is 4.34. The molecule has 0 spiro atoms. The van der Waals surface area contributed by atoms with Crippen molar-refractivity contribution in [3.63, 3.8) is 0 Å². The molecular weight excluding hydrogens is 344 g/mol. The number of hydrogen-bond acceptors (Lipinski definition) is 3. The van der Waals surface area contributed by atoms with Crippen LogP contribution in [0.1, 0.15) is 47.6 Å². The number of hydrogen-bond donors (Lipinski definition) is 2. The molecule has 2 amide bonds. The molecule has 1 atom stereocenters. The molecule has 2 aromatic rings. The van der Waals surface area contributed by atoms with Crippen molar-refractivity contribution in [2.75, 3.05) is 11.4 Å². The molecule has 0 radical (unpaired) electrons. The summed E-state index contributed by atoms with van der Waals surface area (Å²) in [5.41, 5.74) is 1.80. The summed E-state index contributed by atoms with van der Waals surface area (Å²) in [5, 5.41) is 11.6. The van der Waals surface area contributed by atoms with Crippen molar-refractivity contribution in [1.82, 2.24) is 5.32 Å². The number of carbonyl (C=O) groups excluding carboxylic acids is 2. The largest absolute Gasteiger partial charge is 0.481 e. The van der Waals surface area contributed by atoms with Gasteiger partial charge in [-0.25, -0.2) is 0 Å². The van der Waals surface area contributed by atoms with Crippen molar-refractivity contribution in [3.05, 3.63) is 65.7 Å². The summed E-state index contributed by atoms with van der Waals surface area (Å²) in [6, 6.07) is 15.5. The number of benzene rings is 2. The van der Waals surface area contributed by atoms with Gasteiger partial charge in [0.1, 0.15) is 6.04 Å². The van der Waals surface area contributed by atoms with Gasteiger partial charge in [-0.15, -0.1) is 0 Å². The van der Waals surface area contributed by atoms with Gasteiger partial charge in [-0.3, -0.25) is 14.4 Å². The number of nitrogens with zero attached hydrogens (tertiary/aromatic N) is 1. The van der Waals surface area contributed by atoms with Gasteiger partial charge in [-0.1, -0.05) is 48.9 Å². The van der Waals surface area contributed by atoms with E-state index in [4.69, 9.17) is 5.11 Å². The molecule has 1 aliphatic heterocycles. The molecule has 6 heteroatoms. The second-order valence-corrected chi connectivity index (χ2v) is 6.53. The lowest BCUT2D eigenvalue weighted by Crippen LogP contribution is -2.40. The molecule has 6 nitrogen and oxygen atoms in total. The van der Waals surface area contributed by atoms with E-state index in [0.29, 0.717) is 37.1 Å². The van der Waals surface area contributed by atoms with Gasteiger partial charge >= 0.3 is 5.97 Å².